The zero-order valence-corrected chi connectivity index (χ0v) is 16.5. The Balaban J connectivity index is 2.16. The molecule has 1 aliphatic rings. The van der Waals surface area contributed by atoms with Gasteiger partial charge in [-0.2, -0.15) is 0 Å². The van der Waals surface area contributed by atoms with E-state index < -0.39 is 11.1 Å². The molecular formula is C22H21FN2O2S. The fourth-order valence-electron chi connectivity index (χ4n) is 3.09. The molecule has 2 aromatic carbocycles. The number of aryl methyl sites for hydroxylation is 1. The summed E-state index contributed by atoms with van der Waals surface area (Å²) in [7, 11) is 1.61. The molecule has 0 spiro atoms. The Bertz CT molecular complexity index is 1040. The molecule has 0 aromatic heterocycles. The second-order valence-electron chi connectivity index (χ2n) is 6.34. The molecule has 0 heterocycles. The van der Waals surface area contributed by atoms with Crippen molar-refractivity contribution < 1.29 is 13.2 Å². The predicted molar refractivity (Wildman–Crippen MR) is 114 cm³/mol. The first kappa shape index (κ1) is 19.9. The lowest BCUT2D eigenvalue weighted by atomic mass is 9.92. The van der Waals surface area contributed by atoms with E-state index in [2.05, 4.69) is 10.3 Å². The Kier molecular flexibility index (Phi) is 6.34. The zero-order chi connectivity index (χ0) is 20.1. The standard InChI is InChI=1S/C22H21FN2O2S/c1-15-12-16(8-10-20(15)23)18-6-4-3-5-7-19(18)17-9-11-21(25-14-24-2)22(13-17)28(26)27/h3-5,7-14H,6H2,1-2H3,(H,24,25)(H,26,27). The summed E-state index contributed by atoms with van der Waals surface area (Å²) in [5.41, 5.74) is 4.80. The number of allylic oxidation sites excluding steroid dienone is 6. The molecular weight excluding hydrogens is 375 g/mol. The van der Waals surface area contributed by atoms with Crippen LogP contribution in [0.25, 0.3) is 11.1 Å². The summed E-state index contributed by atoms with van der Waals surface area (Å²) >= 11 is -2.16. The molecule has 2 N–H and O–H groups in total. The van der Waals surface area contributed by atoms with Crippen LogP contribution >= 0.6 is 0 Å². The predicted octanol–water partition coefficient (Wildman–Crippen LogP) is 5.21. The van der Waals surface area contributed by atoms with Crippen LogP contribution in [0.2, 0.25) is 0 Å². The molecule has 4 nitrogen and oxygen atoms in total. The minimum Gasteiger partial charge on any atom is -0.346 e. The molecule has 0 saturated heterocycles. The third kappa shape index (κ3) is 4.35. The number of hydrogen-bond acceptors (Lipinski definition) is 2. The number of benzene rings is 2. The fourth-order valence-corrected chi connectivity index (χ4v) is 3.63. The highest BCUT2D eigenvalue weighted by Gasteiger charge is 2.15. The Morgan fingerprint density at radius 1 is 1.18 bits per heavy atom. The average molecular weight is 396 g/mol. The minimum atomic E-state index is -2.16. The van der Waals surface area contributed by atoms with Gasteiger partial charge in [0.15, 0.2) is 11.1 Å². The lowest BCUT2D eigenvalue weighted by Gasteiger charge is -2.15. The van der Waals surface area contributed by atoms with Crippen molar-refractivity contribution in [1.29, 1.82) is 0 Å². The van der Waals surface area contributed by atoms with Gasteiger partial charge in [0, 0.05) is 7.05 Å². The Hall–Kier alpha value is -2.83. The van der Waals surface area contributed by atoms with Crippen LogP contribution in [0.5, 0.6) is 0 Å². The number of halogens is 1. The monoisotopic (exact) mass is 396 g/mol. The van der Waals surface area contributed by atoms with Crippen molar-refractivity contribution in [2.45, 2.75) is 18.2 Å². The summed E-state index contributed by atoms with van der Waals surface area (Å²) in [6.45, 7) is 1.74. The van der Waals surface area contributed by atoms with Gasteiger partial charge in [-0.3, -0.25) is 4.99 Å². The van der Waals surface area contributed by atoms with Gasteiger partial charge in [-0.15, -0.1) is 0 Å². The second kappa shape index (κ2) is 8.91. The topological polar surface area (TPSA) is 61.7 Å². The highest BCUT2D eigenvalue weighted by molar-refractivity contribution is 7.79. The molecule has 0 fully saturated rings. The van der Waals surface area contributed by atoms with Crippen LogP contribution < -0.4 is 5.32 Å². The van der Waals surface area contributed by atoms with Crippen LogP contribution in [-0.2, 0) is 11.1 Å². The molecule has 0 saturated carbocycles. The van der Waals surface area contributed by atoms with Gasteiger partial charge in [0.2, 0.25) is 0 Å². The van der Waals surface area contributed by atoms with Gasteiger partial charge in [-0.1, -0.05) is 36.4 Å². The molecule has 2 aromatic rings. The molecule has 0 aliphatic heterocycles. The van der Waals surface area contributed by atoms with E-state index in [1.165, 1.54) is 12.4 Å². The van der Waals surface area contributed by atoms with E-state index in [1.807, 2.05) is 36.4 Å². The molecule has 144 valence electrons. The SMILES string of the molecule is CN=CNc1ccc(C2=C(c3ccc(F)c(C)c3)CC=CC=C2)cc1S(=O)O. The quantitative estimate of drug-likeness (QED) is 0.414. The van der Waals surface area contributed by atoms with Gasteiger partial charge < -0.3 is 9.87 Å². The van der Waals surface area contributed by atoms with E-state index in [4.69, 9.17) is 0 Å². The van der Waals surface area contributed by atoms with E-state index in [-0.39, 0.29) is 10.7 Å². The van der Waals surface area contributed by atoms with Crippen molar-refractivity contribution >= 4 is 34.3 Å². The smallest absolute Gasteiger partial charge is 0.188 e. The summed E-state index contributed by atoms with van der Waals surface area (Å²) in [6, 6.07) is 10.4. The van der Waals surface area contributed by atoms with Crippen LogP contribution in [0.1, 0.15) is 23.1 Å². The maximum Gasteiger partial charge on any atom is 0.188 e. The number of aliphatic imine (C=N–C) groups is 1. The fraction of sp³-hybridized carbons (Fsp3) is 0.136. The van der Waals surface area contributed by atoms with Gasteiger partial charge in [0.1, 0.15) is 5.82 Å². The number of nitrogens with one attached hydrogen (secondary N) is 1. The summed E-state index contributed by atoms with van der Waals surface area (Å²) < 4.78 is 35.3. The zero-order valence-electron chi connectivity index (χ0n) is 15.6. The van der Waals surface area contributed by atoms with E-state index in [0.717, 1.165) is 22.3 Å². The van der Waals surface area contributed by atoms with E-state index in [1.54, 1.807) is 32.2 Å². The van der Waals surface area contributed by atoms with E-state index in [9.17, 15) is 13.2 Å². The third-order valence-electron chi connectivity index (χ3n) is 4.49. The van der Waals surface area contributed by atoms with Crippen LogP contribution in [-0.4, -0.2) is 22.1 Å². The van der Waals surface area contributed by atoms with Crippen molar-refractivity contribution in [2.75, 3.05) is 12.4 Å². The number of hydrogen-bond donors (Lipinski definition) is 2. The minimum absolute atomic E-state index is 0.239. The first-order valence-electron chi connectivity index (χ1n) is 8.76. The average Bonchev–Trinajstić information content (AvgIpc) is 2.94. The second-order valence-corrected chi connectivity index (χ2v) is 7.28. The van der Waals surface area contributed by atoms with Crippen LogP contribution in [0.4, 0.5) is 10.1 Å². The van der Waals surface area contributed by atoms with Crippen molar-refractivity contribution in [3.8, 4) is 0 Å². The Morgan fingerprint density at radius 3 is 2.68 bits per heavy atom. The molecule has 28 heavy (non-hydrogen) atoms. The van der Waals surface area contributed by atoms with Crippen LogP contribution in [0, 0.1) is 12.7 Å². The van der Waals surface area contributed by atoms with Crippen molar-refractivity contribution in [3.63, 3.8) is 0 Å². The maximum absolute atomic E-state index is 13.7. The summed E-state index contributed by atoms with van der Waals surface area (Å²) in [5.74, 6) is -0.239. The lowest BCUT2D eigenvalue weighted by Crippen LogP contribution is -2.02. The van der Waals surface area contributed by atoms with Crippen LogP contribution in [0.3, 0.4) is 0 Å². The maximum atomic E-state index is 13.7. The number of anilines is 1. The van der Waals surface area contributed by atoms with Crippen molar-refractivity contribution in [3.05, 3.63) is 83.2 Å². The van der Waals surface area contributed by atoms with E-state index in [0.29, 0.717) is 17.7 Å². The van der Waals surface area contributed by atoms with Crippen molar-refractivity contribution in [2.24, 2.45) is 4.99 Å². The molecule has 0 amide bonds. The number of nitrogens with zero attached hydrogens (tertiary/aromatic N) is 1. The largest absolute Gasteiger partial charge is 0.346 e. The molecule has 0 bridgehead atoms. The first-order chi connectivity index (χ1) is 13.5. The third-order valence-corrected chi connectivity index (χ3v) is 5.21. The summed E-state index contributed by atoms with van der Waals surface area (Å²) in [6.07, 6.45) is 10.0. The van der Waals surface area contributed by atoms with Crippen LogP contribution in [0.15, 0.2) is 70.6 Å². The van der Waals surface area contributed by atoms with E-state index >= 15 is 0 Å². The summed E-state index contributed by atoms with van der Waals surface area (Å²) in [5, 5.41) is 2.91. The highest BCUT2D eigenvalue weighted by Crippen LogP contribution is 2.34. The molecule has 1 unspecified atom stereocenters. The molecule has 1 aliphatic carbocycles. The molecule has 0 radical (unpaired) electrons. The normalized spacial score (nSPS) is 15.1. The van der Waals surface area contributed by atoms with Gasteiger partial charge in [-0.05, 0) is 65.4 Å². The van der Waals surface area contributed by atoms with Gasteiger partial charge in [-0.25, -0.2) is 8.60 Å². The molecule has 3 rings (SSSR count). The Morgan fingerprint density at radius 2 is 1.96 bits per heavy atom. The van der Waals surface area contributed by atoms with Gasteiger partial charge >= 0.3 is 0 Å². The Labute approximate surface area is 166 Å². The van der Waals surface area contributed by atoms with Gasteiger partial charge in [0.05, 0.1) is 16.9 Å². The van der Waals surface area contributed by atoms with Crippen molar-refractivity contribution in [1.82, 2.24) is 0 Å². The van der Waals surface area contributed by atoms with Gasteiger partial charge in [0.25, 0.3) is 0 Å². The molecule has 6 heteroatoms. The first-order valence-corrected chi connectivity index (χ1v) is 9.87. The number of rotatable bonds is 5. The molecule has 1 atom stereocenters. The summed E-state index contributed by atoms with van der Waals surface area (Å²) in [4.78, 5) is 4.12. The highest BCUT2D eigenvalue weighted by atomic mass is 32.2. The lowest BCUT2D eigenvalue weighted by molar-refractivity contribution is 0.565.